The molecule has 3 unspecified atom stereocenters. The van der Waals surface area contributed by atoms with Crippen molar-refractivity contribution < 1.29 is 19.1 Å². The van der Waals surface area contributed by atoms with Gasteiger partial charge in [0.15, 0.2) is 0 Å². The summed E-state index contributed by atoms with van der Waals surface area (Å²) in [7, 11) is 1.65. The monoisotopic (exact) mass is 470 g/mol. The predicted molar refractivity (Wildman–Crippen MR) is 129 cm³/mol. The van der Waals surface area contributed by atoms with Gasteiger partial charge in [0.05, 0.1) is 6.54 Å². The molecule has 2 heterocycles. The summed E-state index contributed by atoms with van der Waals surface area (Å²) in [6, 6.07) is 9.15. The number of nitrogens with one attached hydrogen (secondary N) is 1. The molecule has 0 bridgehead atoms. The van der Waals surface area contributed by atoms with E-state index in [0.717, 1.165) is 32.1 Å². The second kappa shape index (κ2) is 11.8. The number of benzene rings is 1. The number of piperazine rings is 1. The van der Waals surface area contributed by atoms with Gasteiger partial charge in [-0.25, -0.2) is 0 Å². The molecule has 1 aromatic rings. The number of hydrogen-bond acceptors (Lipinski definition) is 5. The van der Waals surface area contributed by atoms with E-state index in [1.807, 2.05) is 40.1 Å². The fourth-order valence-corrected chi connectivity index (χ4v) is 5.74. The van der Waals surface area contributed by atoms with E-state index >= 15 is 0 Å². The van der Waals surface area contributed by atoms with Crippen LogP contribution in [0.2, 0.25) is 0 Å². The number of methoxy groups -OCH3 is 1. The van der Waals surface area contributed by atoms with Crippen molar-refractivity contribution in [1.29, 1.82) is 0 Å². The molecule has 8 heteroatoms. The molecule has 186 valence electrons. The van der Waals surface area contributed by atoms with Gasteiger partial charge in [-0.15, -0.1) is 0 Å². The van der Waals surface area contributed by atoms with Gasteiger partial charge >= 0.3 is 0 Å². The maximum absolute atomic E-state index is 13.6. The lowest BCUT2D eigenvalue weighted by molar-refractivity contribution is -0.137. The van der Waals surface area contributed by atoms with E-state index in [-0.39, 0.29) is 29.8 Å². The Balaban J connectivity index is 1.35. The molecule has 1 aromatic carbocycles. The van der Waals surface area contributed by atoms with Crippen molar-refractivity contribution in [2.24, 2.45) is 5.92 Å². The van der Waals surface area contributed by atoms with Crippen molar-refractivity contribution in [2.45, 2.75) is 50.6 Å². The Morgan fingerprint density at radius 2 is 1.76 bits per heavy atom. The average Bonchev–Trinajstić information content (AvgIpc) is 3.26. The first-order valence-electron chi connectivity index (χ1n) is 12.7. The molecule has 8 nitrogen and oxygen atoms in total. The van der Waals surface area contributed by atoms with Crippen LogP contribution in [0.3, 0.4) is 0 Å². The molecule has 2 saturated heterocycles. The number of carbonyl (C=O) groups is 3. The molecule has 4 rings (SSSR count). The van der Waals surface area contributed by atoms with E-state index in [1.165, 1.54) is 6.42 Å². The largest absolute Gasteiger partial charge is 0.385 e. The third-order valence-electron chi connectivity index (χ3n) is 7.53. The van der Waals surface area contributed by atoms with Gasteiger partial charge in [-0.1, -0.05) is 31.0 Å². The molecule has 1 N–H and O–H groups in total. The fourth-order valence-electron chi connectivity index (χ4n) is 5.74. The van der Waals surface area contributed by atoms with E-state index in [1.54, 1.807) is 7.11 Å². The normalized spacial score (nSPS) is 25.1. The predicted octanol–water partition coefficient (Wildman–Crippen LogP) is 1.76. The highest BCUT2D eigenvalue weighted by Gasteiger charge is 2.48. The van der Waals surface area contributed by atoms with Crippen LogP contribution in [0.5, 0.6) is 0 Å². The lowest BCUT2D eigenvalue weighted by atomic mass is 9.84. The molecule has 1 aliphatic carbocycles. The maximum Gasteiger partial charge on any atom is 0.254 e. The van der Waals surface area contributed by atoms with Crippen molar-refractivity contribution in [2.75, 3.05) is 53.0 Å². The third-order valence-corrected chi connectivity index (χ3v) is 7.53. The van der Waals surface area contributed by atoms with Crippen LogP contribution in [0.1, 0.15) is 48.9 Å². The number of likely N-dealkylation sites (tertiary alicyclic amines) is 1. The Bertz CT molecular complexity index is 840. The van der Waals surface area contributed by atoms with Crippen molar-refractivity contribution in [1.82, 2.24) is 20.0 Å². The Morgan fingerprint density at radius 1 is 1.03 bits per heavy atom. The van der Waals surface area contributed by atoms with Gasteiger partial charge in [0.2, 0.25) is 11.8 Å². The molecule has 3 aliphatic rings. The van der Waals surface area contributed by atoms with Crippen molar-refractivity contribution in [3.8, 4) is 0 Å². The molecular formula is C26H38N4O4. The third kappa shape index (κ3) is 5.78. The molecular weight excluding hydrogens is 432 g/mol. The van der Waals surface area contributed by atoms with E-state index in [0.29, 0.717) is 57.4 Å². The summed E-state index contributed by atoms with van der Waals surface area (Å²) in [5.74, 6) is 0.480. The highest BCUT2D eigenvalue weighted by atomic mass is 16.5. The Kier molecular flexibility index (Phi) is 8.56. The first-order chi connectivity index (χ1) is 16.6. The van der Waals surface area contributed by atoms with Crippen LogP contribution in [0.4, 0.5) is 0 Å². The molecule has 1 saturated carbocycles. The van der Waals surface area contributed by atoms with Crippen molar-refractivity contribution in [3.63, 3.8) is 0 Å². The van der Waals surface area contributed by atoms with Crippen LogP contribution in [-0.2, 0) is 14.3 Å². The minimum absolute atomic E-state index is 0.00961. The first kappa shape index (κ1) is 24.7. The highest BCUT2D eigenvalue weighted by molar-refractivity contribution is 5.98. The molecule has 3 fully saturated rings. The van der Waals surface area contributed by atoms with Gasteiger partial charge in [-0.3, -0.25) is 19.3 Å². The zero-order valence-corrected chi connectivity index (χ0v) is 20.3. The summed E-state index contributed by atoms with van der Waals surface area (Å²) >= 11 is 0. The SMILES string of the molecule is COCCCNC(=O)CN1CCN(C(=O)C2CC3CCCCC3N2C(=O)c2ccccc2)CC1. The van der Waals surface area contributed by atoms with Gasteiger partial charge in [-0.05, 0) is 43.7 Å². The number of ether oxygens (including phenoxy) is 1. The highest BCUT2D eigenvalue weighted by Crippen LogP contribution is 2.41. The molecule has 0 spiro atoms. The van der Waals surface area contributed by atoms with E-state index in [2.05, 4.69) is 10.2 Å². The second-order valence-electron chi connectivity index (χ2n) is 9.74. The number of nitrogens with zero attached hydrogens (tertiary/aromatic N) is 3. The quantitative estimate of drug-likeness (QED) is 0.586. The molecule has 0 radical (unpaired) electrons. The summed E-state index contributed by atoms with van der Waals surface area (Å²) in [5.41, 5.74) is 0.660. The van der Waals surface area contributed by atoms with Crippen LogP contribution in [0, 0.1) is 5.92 Å². The van der Waals surface area contributed by atoms with Gasteiger partial charge in [-0.2, -0.15) is 0 Å². The molecule has 34 heavy (non-hydrogen) atoms. The lowest BCUT2D eigenvalue weighted by Crippen LogP contribution is -2.56. The molecule has 3 amide bonds. The first-order valence-corrected chi connectivity index (χ1v) is 12.7. The minimum atomic E-state index is -0.378. The lowest BCUT2D eigenvalue weighted by Gasteiger charge is -2.38. The Morgan fingerprint density at radius 3 is 2.50 bits per heavy atom. The van der Waals surface area contributed by atoms with E-state index in [9.17, 15) is 14.4 Å². The topological polar surface area (TPSA) is 82.2 Å². The number of amides is 3. The zero-order chi connectivity index (χ0) is 23.9. The smallest absolute Gasteiger partial charge is 0.254 e. The maximum atomic E-state index is 13.6. The van der Waals surface area contributed by atoms with Crippen LogP contribution < -0.4 is 5.32 Å². The second-order valence-corrected chi connectivity index (χ2v) is 9.74. The van der Waals surface area contributed by atoms with Gasteiger partial charge in [0.25, 0.3) is 5.91 Å². The number of rotatable bonds is 8. The zero-order valence-electron chi connectivity index (χ0n) is 20.3. The summed E-state index contributed by atoms with van der Waals surface area (Å²) in [4.78, 5) is 45.2. The summed E-state index contributed by atoms with van der Waals surface area (Å²) in [5, 5.41) is 2.92. The Labute approximate surface area is 202 Å². The van der Waals surface area contributed by atoms with Crippen molar-refractivity contribution >= 4 is 17.7 Å². The molecule has 2 aliphatic heterocycles. The van der Waals surface area contributed by atoms with Crippen LogP contribution in [0.15, 0.2) is 30.3 Å². The summed E-state index contributed by atoms with van der Waals surface area (Å²) in [6.45, 7) is 4.12. The summed E-state index contributed by atoms with van der Waals surface area (Å²) < 4.78 is 5.00. The van der Waals surface area contributed by atoms with E-state index < -0.39 is 0 Å². The van der Waals surface area contributed by atoms with Crippen LogP contribution >= 0.6 is 0 Å². The van der Waals surface area contributed by atoms with Gasteiger partial charge < -0.3 is 19.9 Å². The fraction of sp³-hybridized carbons (Fsp3) is 0.654. The standard InChI is InChI=1S/C26H38N4O4/c1-34-17-7-12-27-24(31)19-28-13-15-29(16-14-28)26(33)23-18-21-10-5-6-11-22(21)30(23)25(32)20-8-3-2-4-9-20/h2-4,8-9,21-23H,5-7,10-19H2,1H3,(H,27,31). The Hall–Kier alpha value is -2.45. The minimum Gasteiger partial charge on any atom is -0.385 e. The number of hydrogen-bond donors (Lipinski definition) is 1. The molecule has 3 atom stereocenters. The number of fused-ring (bicyclic) bond motifs is 1. The molecule has 0 aromatic heterocycles. The number of carbonyl (C=O) groups excluding carboxylic acids is 3. The van der Waals surface area contributed by atoms with Crippen LogP contribution in [-0.4, -0.2) is 97.5 Å². The summed E-state index contributed by atoms with van der Waals surface area (Å²) in [6.07, 6.45) is 5.95. The van der Waals surface area contributed by atoms with Crippen LogP contribution in [0.25, 0.3) is 0 Å². The van der Waals surface area contributed by atoms with Gasteiger partial charge in [0.1, 0.15) is 6.04 Å². The van der Waals surface area contributed by atoms with Gasteiger partial charge in [0, 0.05) is 58.0 Å². The van der Waals surface area contributed by atoms with E-state index in [4.69, 9.17) is 4.74 Å². The van der Waals surface area contributed by atoms with Crippen molar-refractivity contribution in [3.05, 3.63) is 35.9 Å². The average molecular weight is 471 g/mol.